The summed E-state index contributed by atoms with van der Waals surface area (Å²) >= 11 is 1.69. The van der Waals surface area contributed by atoms with Crippen molar-refractivity contribution < 1.29 is 0 Å². The minimum atomic E-state index is 0.271. The van der Waals surface area contributed by atoms with Gasteiger partial charge in [0, 0.05) is 0 Å². The van der Waals surface area contributed by atoms with Gasteiger partial charge in [-0.3, -0.25) is 4.99 Å². The van der Waals surface area contributed by atoms with Gasteiger partial charge in [0.25, 0.3) is 0 Å². The average Bonchev–Trinajstić information content (AvgIpc) is 2.84. The maximum absolute atomic E-state index is 4.55. The van der Waals surface area contributed by atoms with Crippen LogP contribution >= 0.6 is 11.3 Å². The van der Waals surface area contributed by atoms with E-state index in [0.29, 0.717) is 6.04 Å². The molecule has 2 atom stereocenters. The summed E-state index contributed by atoms with van der Waals surface area (Å²) in [6.07, 6.45) is 4.22. The van der Waals surface area contributed by atoms with Crippen molar-refractivity contribution in [2.24, 2.45) is 4.99 Å². The molecule has 1 aliphatic carbocycles. The minimum Gasteiger partial charge on any atom is -0.365 e. The van der Waals surface area contributed by atoms with E-state index < -0.39 is 0 Å². The molecule has 3 rings (SSSR count). The topological polar surface area (TPSA) is 37.3 Å². The maximum atomic E-state index is 4.55. The van der Waals surface area contributed by atoms with Crippen LogP contribution in [0, 0.1) is 0 Å². The summed E-state index contributed by atoms with van der Waals surface area (Å²) in [5.74, 6) is 1.03. The van der Waals surface area contributed by atoms with Crippen molar-refractivity contribution in [3.63, 3.8) is 0 Å². The number of nitrogens with one attached hydrogen (secondary N) is 1. The van der Waals surface area contributed by atoms with Gasteiger partial charge in [-0.25, -0.2) is 4.98 Å². The first kappa shape index (κ1) is 10.4. The van der Waals surface area contributed by atoms with E-state index in [1.165, 1.54) is 4.88 Å². The molecule has 1 aromatic heterocycles. The quantitative estimate of drug-likeness (QED) is 0.731. The van der Waals surface area contributed by atoms with Gasteiger partial charge in [-0.1, -0.05) is 19.9 Å². The van der Waals surface area contributed by atoms with E-state index in [0.717, 1.165) is 11.5 Å². The lowest BCUT2D eigenvalue weighted by Gasteiger charge is -2.17. The number of nitrogens with zero attached hydrogens (tertiary/aromatic N) is 2. The average molecular weight is 221 g/mol. The molecule has 2 unspecified atom stereocenters. The summed E-state index contributed by atoms with van der Waals surface area (Å²) in [6, 6.07) is 0.625. The summed E-state index contributed by atoms with van der Waals surface area (Å²) in [4.78, 5) is 10.1. The SMILES string of the molecule is CC.CC1=NC2c3scnc3C=CC2N1. The summed E-state index contributed by atoms with van der Waals surface area (Å²) in [7, 11) is 0. The third-order valence-electron chi connectivity index (χ3n) is 2.40. The Hall–Kier alpha value is -1.16. The van der Waals surface area contributed by atoms with Gasteiger partial charge >= 0.3 is 0 Å². The maximum Gasteiger partial charge on any atom is 0.112 e. The standard InChI is InChI=1S/C9H9N3S.C2H6/c1-5-11-6-2-3-7-9(8(6)12-5)13-4-10-7;1-2/h2-4,6,8H,1H3,(H,11,12);1-2H3. The van der Waals surface area contributed by atoms with Gasteiger partial charge in [0.2, 0.25) is 0 Å². The molecule has 4 heteroatoms. The van der Waals surface area contributed by atoms with Crippen LogP contribution < -0.4 is 5.32 Å². The van der Waals surface area contributed by atoms with Crippen molar-refractivity contribution in [1.29, 1.82) is 0 Å². The number of amidine groups is 1. The number of fused-ring (bicyclic) bond motifs is 3. The molecular weight excluding hydrogens is 206 g/mol. The number of hydrogen-bond donors (Lipinski definition) is 1. The molecule has 0 spiro atoms. The second-order valence-electron chi connectivity index (χ2n) is 3.29. The fourth-order valence-corrected chi connectivity index (χ4v) is 2.69. The first-order valence-corrected chi connectivity index (χ1v) is 6.15. The van der Waals surface area contributed by atoms with Crippen LogP contribution in [0.15, 0.2) is 16.6 Å². The zero-order valence-electron chi connectivity index (χ0n) is 9.19. The molecule has 2 aliphatic rings. The Morgan fingerprint density at radius 3 is 3.00 bits per heavy atom. The number of hydrogen-bond acceptors (Lipinski definition) is 4. The molecule has 2 heterocycles. The van der Waals surface area contributed by atoms with Crippen LogP contribution in [0.2, 0.25) is 0 Å². The third-order valence-corrected chi connectivity index (χ3v) is 3.32. The molecule has 0 bridgehead atoms. The zero-order chi connectivity index (χ0) is 10.8. The molecule has 3 nitrogen and oxygen atoms in total. The van der Waals surface area contributed by atoms with Gasteiger partial charge in [-0.15, -0.1) is 11.3 Å². The Kier molecular flexibility index (Phi) is 2.86. The summed E-state index contributed by atoms with van der Waals surface area (Å²) in [6.45, 7) is 6.01. The zero-order valence-corrected chi connectivity index (χ0v) is 10.0. The van der Waals surface area contributed by atoms with Gasteiger partial charge in [-0.05, 0) is 13.0 Å². The Labute approximate surface area is 94.0 Å². The van der Waals surface area contributed by atoms with Crippen molar-refractivity contribution in [1.82, 2.24) is 10.3 Å². The van der Waals surface area contributed by atoms with Crippen LogP contribution in [0.25, 0.3) is 6.08 Å². The highest BCUT2D eigenvalue weighted by Gasteiger charge is 2.31. The van der Waals surface area contributed by atoms with E-state index in [1.54, 1.807) is 11.3 Å². The smallest absolute Gasteiger partial charge is 0.112 e. The second kappa shape index (κ2) is 4.14. The Bertz CT molecular complexity index is 406. The Balaban J connectivity index is 0.000000404. The Morgan fingerprint density at radius 1 is 1.40 bits per heavy atom. The molecule has 0 aromatic carbocycles. The van der Waals surface area contributed by atoms with E-state index in [-0.39, 0.29) is 6.04 Å². The van der Waals surface area contributed by atoms with Crippen LogP contribution in [0.5, 0.6) is 0 Å². The van der Waals surface area contributed by atoms with Crippen LogP contribution in [0.3, 0.4) is 0 Å². The molecule has 0 radical (unpaired) electrons. The Morgan fingerprint density at radius 2 is 2.20 bits per heavy atom. The van der Waals surface area contributed by atoms with E-state index in [1.807, 2.05) is 26.3 Å². The van der Waals surface area contributed by atoms with E-state index in [9.17, 15) is 0 Å². The number of aliphatic imine (C=N–C) groups is 1. The number of thiazole rings is 1. The largest absolute Gasteiger partial charge is 0.365 e. The molecule has 15 heavy (non-hydrogen) atoms. The molecular formula is C11H15N3S. The van der Waals surface area contributed by atoms with Crippen molar-refractivity contribution in [2.45, 2.75) is 32.9 Å². The van der Waals surface area contributed by atoms with Gasteiger partial charge in [0.05, 0.1) is 28.0 Å². The van der Waals surface area contributed by atoms with Crippen LogP contribution in [-0.2, 0) is 0 Å². The van der Waals surface area contributed by atoms with Crippen molar-refractivity contribution in [3.8, 4) is 0 Å². The lowest BCUT2D eigenvalue weighted by molar-refractivity contribution is 0.641. The summed E-state index contributed by atoms with van der Waals surface area (Å²) in [5.41, 5.74) is 2.98. The molecule has 0 fully saturated rings. The number of aromatic nitrogens is 1. The lowest BCUT2D eigenvalue weighted by Crippen LogP contribution is -2.29. The van der Waals surface area contributed by atoms with Gasteiger partial charge in [0.1, 0.15) is 6.04 Å². The molecule has 80 valence electrons. The highest BCUT2D eigenvalue weighted by Crippen LogP contribution is 2.35. The van der Waals surface area contributed by atoms with Crippen LogP contribution in [0.1, 0.15) is 37.4 Å². The van der Waals surface area contributed by atoms with Gasteiger partial charge in [-0.2, -0.15) is 0 Å². The number of rotatable bonds is 0. The molecule has 0 amide bonds. The highest BCUT2D eigenvalue weighted by molar-refractivity contribution is 7.10. The minimum absolute atomic E-state index is 0.271. The first-order valence-electron chi connectivity index (χ1n) is 5.27. The van der Waals surface area contributed by atoms with Gasteiger partial charge in [0.15, 0.2) is 0 Å². The summed E-state index contributed by atoms with van der Waals surface area (Å²) in [5, 5.41) is 3.33. The van der Waals surface area contributed by atoms with Crippen molar-refractivity contribution >= 4 is 23.2 Å². The van der Waals surface area contributed by atoms with Crippen LogP contribution in [-0.4, -0.2) is 16.9 Å². The highest BCUT2D eigenvalue weighted by atomic mass is 32.1. The van der Waals surface area contributed by atoms with Crippen LogP contribution in [0.4, 0.5) is 0 Å². The van der Waals surface area contributed by atoms with Gasteiger partial charge < -0.3 is 5.32 Å². The fraction of sp³-hybridized carbons (Fsp3) is 0.455. The molecule has 0 saturated heterocycles. The van der Waals surface area contributed by atoms with Crippen molar-refractivity contribution in [3.05, 3.63) is 22.2 Å². The first-order chi connectivity index (χ1) is 7.34. The monoisotopic (exact) mass is 221 g/mol. The molecule has 1 aromatic rings. The second-order valence-corrected chi connectivity index (χ2v) is 4.18. The lowest BCUT2D eigenvalue weighted by atomic mass is 10.0. The molecule has 1 aliphatic heterocycles. The molecule has 0 saturated carbocycles. The summed E-state index contributed by atoms with van der Waals surface area (Å²) < 4.78 is 0. The van der Waals surface area contributed by atoms with E-state index in [2.05, 4.69) is 27.4 Å². The predicted octanol–water partition coefficient (Wildman–Crippen LogP) is 2.63. The normalized spacial score (nSPS) is 25.7. The van der Waals surface area contributed by atoms with E-state index >= 15 is 0 Å². The van der Waals surface area contributed by atoms with Crippen molar-refractivity contribution in [2.75, 3.05) is 0 Å². The fourth-order valence-electron chi connectivity index (χ4n) is 1.83. The predicted molar refractivity (Wildman–Crippen MR) is 65.3 cm³/mol. The van der Waals surface area contributed by atoms with E-state index in [4.69, 9.17) is 0 Å². The molecule has 1 N–H and O–H groups in total. The third kappa shape index (κ3) is 1.69.